The molecule has 2 heteroatoms. The third kappa shape index (κ3) is 4.82. The third-order valence-corrected chi connectivity index (χ3v) is 4.97. The van der Waals surface area contributed by atoms with E-state index in [9.17, 15) is 0 Å². The van der Waals surface area contributed by atoms with Crippen LogP contribution in [0.25, 0.3) is 0 Å². The first-order valence-electron chi connectivity index (χ1n) is 8.59. The molecule has 1 aromatic rings. The summed E-state index contributed by atoms with van der Waals surface area (Å²) >= 11 is 0. The molecule has 0 saturated heterocycles. The van der Waals surface area contributed by atoms with Crippen LogP contribution in [0.2, 0.25) is 0 Å². The van der Waals surface area contributed by atoms with Crippen LogP contribution in [-0.4, -0.2) is 31.6 Å². The Bertz CT molecular complexity index is 421. The topological polar surface area (TPSA) is 15.3 Å². The van der Waals surface area contributed by atoms with Crippen LogP contribution >= 0.6 is 0 Å². The van der Waals surface area contributed by atoms with Gasteiger partial charge in [0.15, 0.2) is 0 Å². The molecule has 1 fully saturated rings. The summed E-state index contributed by atoms with van der Waals surface area (Å²) in [4.78, 5) is 2.53. The van der Waals surface area contributed by atoms with Crippen LogP contribution in [0.15, 0.2) is 24.3 Å². The Labute approximate surface area is 130 Å². The average Bonchev–Trinajstić information content (AvgIpc) is 2.48. The van der Waals surface area contributed by atoms with E-state index < -0.39 is 0 Å². The molecule has 1 aliphatic rings. The Kier molecular flexibility index (Phi) is 6.25. The Hall–Kier alpha value is -0.860. The monoisotopic (exact) mass is 288 g/mol. The highest BCUT2D eigenvalue weighted by Crippen LogP contribution is 2.36. The van der Waals surface area contributed by atoms with E-state index in [0.717, 1.165) is 13.1 Å². The van der Waals surface area contributed by atoms with Crippen LogP contribution in [0, 0.1) is 12.3 Å². The van der Waals surface area contributed by atoms with Gasteiger partial charge in [0.2, 0.25) is 0 Å². The molecule has 0 radical (unpaired) electrons. The van der Waals surface area contributed by atoms with Crippen LogP contribution in [0.1, 0.15) is 50.2 Å². The molecule has 21 heavy (non-hydrogen) atoms. The summed E-state index contributed by atoms with van der Waals surface area (Å²) in [6.45, 7) is 8.99. The number of aryl methyl sites for hydroxylation is 1. The van der Waals surface area contributed by atoms with Gasteiger partial charge in [-0.15, -0.1) is 0 Å². The van der Waals surface area contributed by atoms with Crippen molar-refractivity contribution in [2.75, 3.05) is 26.7 Å². The van der Waals surface area contributed by atoms with E-state index in [1.807, 2.05) is 0 Å². The van der Waals surface area contributed by atoms with Crippen LogP contribution in [0.3, 0.4) is 0 Å². The molecule has 0 aliphatic heterocycles. The van der Waals surface area contributed by atoms with Gasteiger partial charge in [-0.25, -0.2) is 0 Å². The maximum atomic E-state index is 3.61. The maximum Gasteiger partial charge on any atom is 0.0233 e. The minimum atomic E-state index is 0.492. The highest BCUT2D eigenvalue weighted by atomic mass is 15.1. The molecule has 0 bridgehead atoms. The average molecular weight is 288 g/mol. The third-order valence-electron chi connectivity index (χ3n) is 4.97. The Morgan fingerprint density at radius 2 is 1.86 bits per heavy atom. The van der Waals surface area contributed by atoms with Crippen molar-refractivity contribution in [1.82, 2.24) is 10.2 Å². The Balaban J connectivity index is 1.97. The highest BCUT2D eigenvalue weighted by Gasteiger charge is 2.32. The molecule has 2 rings (SSSR count). The number of benzene rings is 1. The molecule has 118 valence electrons. The van der Waals surface area contributed by atoms with Gasteiger partial charge in [0.1, 0.15) is 0 Å². The van der Waals surface area contributed by atoms with Gasteiger partial charge in [0.25, 0.3) is 0 Å². The van der Waals surface area contributed by atoms with Gasteiger partial charge in [-0.2, -0.15) is 0 Å². The van der Waals surface area contributed by atoms with Gasteiger partial charge in [0.05, 0.1) is 0 Å². The lowest BCUT2D eigenvalue weighted by atomic mass is 9.73. The van der Waals surface area contributed by atoms with Crippen molar-refractivity contribution in [2.45, 2.75) is 52.5 Å². The minimum Gasteiger partial charge on any atom is -0.316 e. The van der Waals surface area contributed by atoms with Crippen LogP contribution in [0.5, 0.6) is 0 Å². The first kappa shape index (κ1) is 16.5. The second-order valence-electron chi connectivity index (χ2n) is 6.94. The second kappa shape index (κ2) is 7.95. The Morgan fingerprint density at radius 3 is 2.52 bits per heavy atom. The predicted octanol–water partition coefficient (Wildman–Crippen LogP) is 3.99. The number of hydrogen-bond donors (Lipinski definition) is 1. The van der Waals surface area contributed by atoms with Gasteiger partial charge < -0.3 is 10.2 Å². The lowest BCUT2D eigenvalue weighted by Gasteiger charge is -2.40. The van der Waals surface area contributed by atoms with E-state index in [4.69, 9.17) is 0 Å². The normalized spacial score (nSPS) is 18.1. The van der Waals surface area contributed by atoms with Crippen LogP contribution in [0.4, 0.5) is 0 Å². The first-order valence-corrected chi connectivity index (χ1v) is 8.59. The summed E-state index contributed by atoms with van der Waals surface area (Å²) in [5, 5.41) is 3.61. The van der Waals surface area contributed by atoms with E-state index in [1.54, 1.807) is 0 Å². The minimum absolute atomic E-state index is 0.492. The molecule has 2 nitrogen and oxygen atoms in total. The smallest absolute Gasteiger partial charge is 0.0233 e. The fraction of sp³-hybridized carbons (Fsp3) is 0.684. The van der Waals surface area contributed by atoms with E-state index >= 15 is 0 Å². The summed E-state index contributed by atoms with van der Waals surface area (Å²) in [5.41, 5.74) is 3.37. The number of rotatable bonds is 7. The van der Waals surface area contributed by atoms with E-state index in [1.165, 1.54) is 56.3 Å². The van der Waals surface area contributed by atoms with Crippen molar-refractivity contribution < 1.29 is 0 Å². The molecule has 0 aromatic heterocycles. The second-order valence-corrected chi connectivity index (χ2v) is 6.94. The number of nitrogens with one attached hydrogen (secondary N) is 1. The molecule has 1 aromatic carbocycles. The number of hydrogen-bond acceptors (Lipinski definition) is 2. The van der Waals surface area contributed by atoms with Crippen molar-refractivity contribution in [3.8, 4) is 0 Å². The van der Waals surface area contributed by atoms with Gasteiger partial charge in [-0.3, -0.25) is 0 Å². The zero-order chi connectivity index (χ0) is 15.1. The van der Waals surface area contributed by atoms with Gasteiger partial charge in [-0.05, 0) is 49.9 Å². The summed E-state index contributed by atoms with van der Waals surface area (Å²) in [6, 6.07) is 8.78. The predicted molar refractivity (Wildman–Crippen MR) is 91.6 cm³/mol. The van der Waals surface area contributed by atoms with Gasteiger partial charge in [0, 0.05) is 19.6 Å². The van der Waals surface area contributed by atoms with Crippen molar-refractivity contribution in [3.63, 3.8) is 0 Å². The largest absolute Gasteiger partial charge is 0.316 e. The molecular formula is C19H32N2. The SMILES string of the molecule is CCNCC1(CN(C)Cc2ccccc2C)CCCCC1. The zero-order valence-corrected chi connectivity index (χ0v) is 14.1. The quantitative estimate of drug-likeness (QED) is 0.816. The fourth-order valence-corrected chi connectivity index (χ4v) is 3.79. The zero-order valence-electron chi connectivity index (χ0n) is 14.1. The maximum absolute atomic E-state index is 3.61. The molecule has 1 aliphatic carbocycles. The van der Waals surface area contributed by atoms with Gasteiger partial charge in [-0.1, -0.05) is 50.5 Å². The Morgan fingerprint density at radius 1 is 1.14 bits per heavy atom. The first-order chi connectivity index (χ1) is 10.2. The van der Waals surface area contributed by atoms with E-state index in [2.05, 4.69) is 55.4 Å². The van der Waals surface area contributed by atoms with Crippen molar-refractivity contribution >= 4 is 0 Å². The molecule has 0 atom stereocenters. The molecular weight excluding hydrogens is 256 g/mol. The highest BCUT2D eigenvalue weighted by molar-refractivity contribution is 5.25. The molecule has 0 amide bonds. The summed E-state index contributed by atoms with van der Waals surface area (Å²) in [6.07, 6.45) is 7.01. The molecule has 0 unspecified atom stereocenters. The van der Waals surface area contributed by atoms with Crippen molar-refractivity contribution in [1.29, 1.82) is 0 Å². The summed E-state index contributed by atoms with van der Waals surface area (Å²) in [7, 11) is 2.29. The van der Waals surface area contributed by atoms with Crippen molar-refractivity contribution in [3.05, 3.63) is 35.4 Å². The van der Waals surface area contributed by atoms with E-state index in [-0.39, 0.29) is 0 Å². The standard InChI is InChI=1S/C19H32N2/c1-4-20-15-19(12-8-5-9-13-19)16-21(3)14-18-11-7-6-10-17(18)2/h6-7,10-11,20H,4-5,8-9,12-16H2,1-3H3. The van der Waals surface area contributed by atoms with E-state index in [0.29, 0.717) is 5.41 Å². The van der Waals surface area contributed by atoms with Crippen LogP contribution < -0.4 is 5.32 Å². The number of nitrogens with zero attached hydrogens (tertiary/aromatic N) is 1. The lowest BCUT2D eigenvalue weighted by molar-refractivity contribution is 0.114. The fourth-order valence-electron chi connectivity index (χ4n) is 3.79. The molecule has 1 N–H and O–H groups in total. The van der Waals surface area contributed by atoms with Gasteiger partial charge >= 0.3 is 0 Å². The summed E-state index contributed by atoms with van der Waals surface area (Å²) < 4.78 is 0. The lowest BCUT2D eigenvalue weighted by Crippen LogP contribution is -2.44. The summed E-state index contributed by atoms with van der Waals surface area (Å²) in [5.74, 6) is 0. The van der Waals surface area contributed by atoms with Crippen molar-refractivity contribution in [2.24, 2.45) is 5.41 Å². The van der Waals surface area contributed by atoms with Crippen LogP contribution in [-0.2, 0) is 6.54 Å². The molecule has 0 heterocycles. The molecule has 1 saturated carbocycles. The molecule has 0 spiro atoms.